The van der Waals surface area contributed by atoms with Gasteiger partial charge in [-0.3, -0.25) is 4.98 Å². The quantitative estimate of drug-likeness (QED) is 0.710. The van der Waals surface area contributed by atoms with E-state index in [0.29, 0.717) is 11.8 Å². The highest BCUT2D eigenvalue weighted by atomic mass is 35.5. The molecule has 1 aromatic heterocycles. The average molecular weight is 224 g/mol. The summed E-state index contributed by atoms with van der Waals surface area (Å²) in [4.78, 5) is 4.04. The Morgan fingerprint density at radius 2 is 1.93 bits per heavy atom. The first kappa shape index (κ1) is 10.9. The first-order valence-corrected chi connectivity index (χ1v) is 6.16. The van der Waals surface area contributed by atoms with Crippen LogP contribution in [0.3, 0.4) is 0 Å². The zero-order valence-electron chi connectivity index (χ0n) is 9.36. The molecule has 82 valence electrons. The fourth-order valence-electron chi connectivity index (χ4n) is 2.48. The van der Waals surface area contributed by atoms with Gasteiger partial charge in [0.05, 0.1) is 0 Å². The third kappa shape index (κ3) is 2.34. The van der Waals surface area contributed by atoms with Crippen molar-refractivity contribution in [1.82, 2.24) is 4.98 Å². The Labute approximate surface area is 96.9 Å². The molecule has 2 heteroatoms. The summed E-state index contributed by atoms with van der Waals surface area (Å²) >= 11 is 6.51. The molecule has 0 saturated heterocycles. The fourth-order valence-corrected chi connectivity index (χ4v) is 2.83. The Morgan fingerprint density at radius 3 is 2.47 bits per heavy atom. The van der Waals surface area contributed by atoms with E-state index in [-0.39, 0.29) is 5.38 Å². The minimum absolute atomic E-state index is 0.281. The van der Waals surface area contributed by atoms with Crippen molar-refractivity contribution in [2.75, 3.05) is 0 Å². The Morgan fingerprint density at radius 1 is 1.33 bits per heavy atom. The first-order chi connectivity index (χ1) is 7.18. The molecule has 1 aliphatic carbocycles. The van der Waals surface area contributed by atoms with Crippen molar-refractivity contribution in [2.24, 2.45) is 11.8 Å². The van der Waals surface area contributed by atoms with Gasteiger partial charge in [-0.25, -0.2) is 0 Å². The predicted octanol–water partition coefficient (Wildman–Crippen LogP) is 3.84. The molecule has 1 aromatic rings. The van der Waals surface area contributed by atoms with Crippen LogP contribution in [0.5, 0.6) is 0 Å². The van der Waals surface area contributed by atoms with Gasteiger partial charge in [-0.2, -0.15) is 0 Å². The Hall–Kier alpha value is -0.560. The zero-order valence-corrected chi connectivity index (χ0v) is 10.1. The zero-order chi connectivity index (χ0) is 10.8. The third-order valence-electron chi connectivity index (χ3n) is 3.57. The average Bonchev–Trinajstić information content (AvgIpc) is 2.24. The van der Waals surface area contributed by atoms with Crippen molar-refractivity contribution in [3.05, 3.63) is 30.1 Å². The lowest BCUT2D eigenvalue weighted by Gasteiger charge is -2.38. The normalized spacial score (nSPS) is 29.3. The molecule has 15 heavy (non-hydrogen) atoms. The monoisotopic (exact) mass is 223 g/mol. The molecule has 2 unspecified atom stereocenters. The number of pyridine rings is 1. The molecule has 1 aliphatic rings. The van der Waals surface area contributed by atoms with E-state index in [1.807, 2.05) is 12.4 Å². The van der Waals surface area contributed by atoms with Crippen molar-refractivity contribution >= 4 is 11.6 Å². The third-order valence-corrected chi connectivity index (χ3v) is 4.30. The number of rotatable bonds is 3. The van der Waals surface area contributed by atoms with E-state index in [4.69, 9.17) is 11.6 Å². The molecular formula is C13H18ClN. The van der Waals surface area contributed by atoms with Crippen LogP contribution in [0, 0.1) is 11.8 Å². The standard InChI is InChI=1S/C13H18ClN/c1-9-7-12(8-9)13(14)10(2)11-3-5-15-6-4-11/h3-6,9-10,12-13H,7-8H2,1-2H3. The van der Waals surface area contributed by atoms with E-state index in [0.717, 1.165) is 5.92 Å². The second-order valence-electron chi connectivity index (χ2n) is 4.85. The van der Waals surface area contributed by atoms with Crippen LogP contribution >= 0.6 is 11.6 Å². The second-order valence-corrected chi connectivity index (χ2v) is 5.35. The SMILES string of the molecule is CC1CC(C(Cl)C(C)c2ccncc2)C1. The summed E-state index contributed by atoms with van der Waals surface area (Å²) in [6.07, 6.45) is 6.28. The molecule has 1 nitrogen and oxygen atoms in total. The molecule has 2 rings (SSSR count). The highest BCUT2D eigenvalue weighted by molar-refractivity contribution is 6.21. The smallest absolute Gasteiger partial charge is 0.0430 e. The van der Waals surface area contributed by atoms with Gasteiger partial charge in [-0.05, 0) is 48.3 Å². The van der Waals surface area contributed by atoms with Crippen LogP contribution in [0.15, 0.2) is 24.5 Å². The summed E-state index contributed by atoms with van der Waals surface area (Å²) in [6.45, 7) is 4.52. The van der Waals surface area contributed by atoms with Crippen molar-refractivity contribution < 1.29 is 0 Å². The molecule has 0 radical (unpaired) electrons. The second kappa shape index (κ2) is 4.52. The van der Waals surface area contributed by atoms with Crippen molar-refractivity contribution in [2.45, 2.75) is 38.0 Å². The minimum atomic E-state index is 0.281. The lowest BCUT2D eigenvalue weighted by Crippen LogP contribution is -2.32. The van der Waals surface area contributed by atoms with E-state index >= 15 is 0 Å². The van der Waals surface area contributed by atoms with Gasteiger partial charge in [0.25, 0.3) is 0 Å². The predicted molar refractivity (Wildman–Crippen MR) is 64.2 cm³/mol. The summed E-state index contributed by atoms with van der Waals surface area (Å²) in [5.74, 6) is 2.03. The van der Waals surface area contributed by atoms with Crippen LogP contribution in [0.2, 0.25) is 0 Å². The van der Waals surface area contributed by atoms with Crippen LogP contribution in [0.1, 0.15) is 38.2 Å². The van der Waals surface area contributed by atoms with Gasteiger partial charge < -0.3 is 0 Å². The molecule has 0 amide bonds. The van der Waals surface area contributed by atoms with E-state index in [2.05, 4.69) is 31.0 Å². The molecule has 0 N–H and O–H groups in total. The lowest BCUT2D eigenvalue weighted by molar-refractivity contribution is 0.195. The van der Waals surface area contributed by atoms with E-state index in [1.165, 1.54) is 18.4 Å². The molecular weight excluding hydrogens is 206 g/mol. The van der Waals surface area contributed by atoms with Gasteiger partial charge in [0.1, 0.15) is 0 Å². The number of halogens is 1. The van der Waals surface area contributed by atoms with E-state index in [9.17, 15) is 0 Å². The summed E-state index contributed by atoms with van der Waals surface area (Å²) < 4.78 is 0. The number of aromatic nitrogens is 1. The summed E-state index contributed by atoms with van der Waals surface area (Å²) in [7, 11) is 0. The maximum Gasteiger partial charge on any atom is 0.0430 e. The number of alkyl halides is 1. The molecule has 0 aliphatic heterocycles. The van der Waals surface area contributed by atoms with Crippen LogP contribution in [-0.2, 0) is 0 Å². The van der Waals surface area contributed by atoms with Gasteiger partial charge in [0.15, 0.2) is 0 Å². The highest BCUT2D eigenvalue weighted by Gasteiger charge is 2.34. The fraction of sp³-hybridized carbons (Fsp3) is 0.615. The maximum atomic E-state index is 6.51. The first-order valence-electron chi connectivity index (χ1n) is 5.72. The van der Waals surface area contributed by atoms with E-state index in [1.54, 1.807) is 0 Å². The largest absolute Gasteiger partial charge is 0.265 e. The van der Waals surface area contributed by atoms with Crippen LogP contribution in [0.4, 0.5) is 0 Å². The minimum Gasteiger partial charge on any atom is -0.265 e. The topological polar surface area (TPSA) is 12.9 Å². The van der Waals surface area contributed by atoms with Crippen molar-refractivity contribution in [3.8, 4) is 0 Å². The molecule has 1 saturated carbocycles. The molecule has 0 spiro atoms. The number of nitrogens with zero attached hydrogens (tertiary/aromatic N) is 1. The van der Waals surface area contributed by atoms with Crippen LogP contribution in [0.25, 0.3) is 0 Å². The molecule has 2 atom stereocenters. The van der Waals surface area contributed by atoms with Crippen LogP contribution < -0.4 is 0 Å². The lowest BCUT2D eigenvalue weighted by atomic mass is 9.71. The summed E-state index contributed by atoms with van der Waals surface area (Å²) in [5, 5.41) is 0.281. The Balaban J connectivity index is 1.99. The molecule has 1 fully saturated rings. The van der Waals surface area contributed by atoms with Crippen LogP contribution in [-0.4, -0.2) is 10.4 Å². The summed E-state index contributed by atoms with van der Waals surface area (Å²) in [5.41, 5.74) is 1.31. The van der Waals surface area contributed by atoms with Gasteiger partial charge in [0, 0.05) is 17.8 Å². The molecule has 0 aromatic carbocycles. The highest BCUT2D eigenvalue weighted by Crippen LogP contribution is 2.42. The van der Waals surface area contributed by atoms with Crippen molar-refractivity contribution in [1.29, 1.82) is 0 Å². The Kier molecular flexibility index (Phi) is 3.30. The van der Waals surface area contributed by atoms with Gasteiger partial charge in [-0.15, -0.1) is 11.6 Å². The van der Waals surface area contributed by atoms with Gasteiger partial charge >= 0.3 is 0 Å². The summed E-state index contributed by atoms with van der Waals surface area (Å²) in [6, 6.07) is 4.14. The maximum absolute atomic E-state index is 6.51. The van der Waals surface area contributed by atoms with Gasteiger partial charge in [-0.1, -0.05) is 13.8 Å². The number of hydrogen-bond donors (Lipinski definition) is 0. The van der Waals surface area contributed by atoms with E-state index < -0.39 is 0 Å². The Bertz CT molecular complexity index is 306. The van der Waals surface area contributed by atoms with Gasteiger partial charge in [0.2, 0.25) is 0 Å². The van der Waals surface area contributed by atoms with Crippen molar-refractivity contribution in [3.63, 3.8) is 0 Å². The number of hydrogen-bond acceptors (Lipinski definition) is 1. The molecule has 1 heterocycles. The molecule has 0 bridgehead atoms.